The van der Waals surface area contributed by atoms with Gasteiger partial charge in [-0.1, -0.05) is 58.0 Å². The smallest absolute Gasteiger partial charge is 0.326 e. The molecule has 1 aromatic rings. The lowest BCUT2D eigenvalue weighted by molar-refractivity contribution is -0.143. The molecule has 0 radical (unpaired) electrons. The highest BCUT2D eigenvalue weighted by atomic mass is 16.4. The van der Waals surface area contributed by atoms with Gasteiger partial charge in [0, 0.05) is 25.7 Å². The number of carboxylic acids is 3. The van der Waals surface area contributed by atoms with Crippen LogP contribution in [0.3, 0.4) is 0 Å². The Hall–Kier alpha value is -5.63. The van der Waals surface area contributed by atoms with Gasteiger partial charge in [0.1, 0.15) is 30.2 Å². The third-order valence-corrected chi connectivity index (χ3v) is 9.14. The highest BCUT2D eigenvalue weighted by Crippen LogP contribution is 2.14. The fraction of sp³-hybridized carbons (Fsp3) is 0.615. The van der Waals surface area contributed by atoms with E-state index in [0.29, 0.717) is 5.56 Å². The molecule has 1 aromatic carbocycles. The Morgan fingerprint density at radius 2 is 1.14 bits per heavy atom. The van der Waals surface area contributed by atoms with Crippen molar-refractivity contribution in [2.75, 3.05) is 0 Å². The Morgan fingerprint density at radius 1 is 0.593 bits per heavy atom. The average Bonchev–Trinajstić information content (AvgIpc) is 3.15. The molecule has 6 amide bonds. The predicted molar refractivity (Wildman–Crippen MR) is 212 cm³/mol. The first-order valence-corrected chi connectivity index (χ1v) is 19.5. The maximum absolute atomic E-state index is 13.2. The molecule has 0 saturated carbocycles. The molecule has 8 atom stereocenters. The van der Waals surface area contributed by atoms with Crippen LogP contribution >= 0.6 is 0 Å². The summed E-state index contributed by atoms with van der Waals surface area (Å²) < 4.78 is 0. The zero-order valence-corrected chi connectivity index (χ0v) is 34.4. The molecule has 330 valence electrons. The second-order valence-electron chi connectivity index (χ2n) is 15.2. The molecule has 0 aliphatic heterocycles. The molecule has 0 saturated heterocycles. The maximum atomic E-state index is 13.2. The molecule has 0 aliphatic rings. The molecular formula is C39H61N7O13. The molecular weight excluding hydrogens is 774 g/mol. The summed E-state index contributed by atoms with van der Waals surface area (Å²) in [6.45, 7) is 9.70. The first kappa shape index (κ1) is 51.4. The first-order chi connectivity index (χ1) is 27.5. The number of hydrogen-bond acceptors (Lipinski definition) is 11. The van der Waals surface area contributed by atoms with Crippen LogP contribution in [-0.4, -0.2) is 122 Å². The second kappa shape index (κ2) is 25.7. The highest BCUT2D eigenvalue weighted by molar-refractivity contribution is 5.94. The number of carboxylic acid groups (broad SMARTS) is 3. The van der Waals surface area contributed by atoms with E-state index in [1.165, 1.54) is 13.8 Å². The molecule has 0 spiro atoms. The number of benzene rings is 1. The minimum Gasteiger partial charge on any atom is -0.481 e. The zero-order chi connectivity index (χ0) is 45.0. The summed E-state index contributed by atoms with van der Waals surface area (Å²) in [6, 6.07) is 0.110. The van der Waals surface area contributed by atoms with Crippen molar-refractivity contribution < 1.29 is 63.6 Å². The standard InChI is InChI=1S/C39H61N7O13/c1-20(2)18-27(44-35(54)23(6)42-38(57)33(21(3)4)46-36(55)25(40)12-16-31(49)50)29(47)14-15-30(48)41-22(5)34(53)43-26(13-17-32(51)52)37(56)45-28(39(58)59)19-24-10-8-7-9-11-24/h7-11,20-23,25-29,33,47H,12-19,40H2,1-6H3,(H,41,48)(H,42,57)(H,43,53)(H,44,54)(H,45,56)(H,46,55)(H,49,50)(H,51,52)(H,58,59)/t22-,23-,25-,26-,27-,28-,29-,33-/m0/s1. The SMILES string of the molecule is CC(C)C[C@H](NC(=O)[C@H](C)NC(=O)[C@@H](NC(=O)[C@@H](N)CCC(=O)O)C(C)C)[C@@H](O)CCC(=O)N[C@@H](C)C(=O)N[C@@H](CCC(=O)O)C(=O)N[C@@H](Cc1ccccc1)C(=O)O. The Labute approximate surface area is 343 Å². The van der Waals surface area contributed by atoms with Crippen LogP contribution < -0.4 is 37.6 Å². The number of carbonyl (C=O) groups excluding carboxylic acids is 6. The number of rotatable bonds is 27. The average molecular weight is 836 g/mol. The summed E-state index contributed by atoms with van der Waals surface area (Å²) in [5.74, 6) is -8.77. The molecule has 0 heterocycles. The van der Waals surface area contributed by atoms with Gasteiger partial charge >= 0.3 is 17.9 Å². The topological polar surface area (TPSA) is 333 Å². The molecule has 12 N–H and O–H groups in total. The van der Waals surface area contributed by atoms with E-state index in [4.69, 9.17) is 10.8 Å². The molecule has 59 heavy (non-hydrogen) atoms. The van der Waals surface area contributed by atoms with E-state index in [1.54, 1.807) is 44.2 Å². The highest BCUT2D eigenvalue weighted by Gasteiger charge is 2.32. The molecule has 0 fully saturated rings. The lowest BCUT2D eigenvalue weighted by Gasteiger charge is -2.28. The largest absolute Gasteiger partial charge is 0.481 e. The maximum Gasteiger partial charge on any atom is 0.326 e. The minimum atomic E-state index is -1.45. The Balaban J connectivity index is 2.86. The fourth-order valence-corrected chi connectivity index (χ4v) is 5.72. The number of aliphatic hydroxyl groups is 1. The minimum absolute atomic E-state index is 0.0290. The lowest BCUT2D eigenvalue weighted by atomic mass is 9.95. The van der Waals surface area contributed by atoms with Gasteiger partial charge in [-0.05, 0) is 56.9 Å². The van der Waals surface area contributed by atoms with Gasteiger partial charge in [0.25, 0.3) is 0 Å². The van der Waals surface area contributed by atoms with E-state index in [-0.39, 0.29) is 50.9 Å². The summed E-state index contributed by atoms with van der Waals surface area (Å²) in [6.07, 6.45) is -2.91. The summed E-state index contributed by atoms with van der Waals surface area (Å²) in [5, 5.41) is 53.7. The van der Waals surface area contributed by atoms with Crippen LogP contribution in [0, 0.1) is 11.8 Å². The number of nitrogens with two attached hydrogens (primary N) is 1. The van der Waals surface area contributed by atoms with E-state index in [9.17, 15) is 58.5 Å². The van der Waals surface area contributed by atoms with Crippen molar-refractivity contribution in [3.05, 3.63) is 35.9 Å². The number of aliphatic hydroxyl groups excluding tert-OH is 1. The van der Waals surface area contributed by atoms with Crippen molar-refractivity contribution in [1.82, 2.24) is 31.9 Å². The first-order valence-electron chi connectivity index (χ1n) is 19.5. The van der Waals surface area contributed by atoms with Crippen LogP contribution in [0.1, 0.15) is 92.1 Å². The summed E-state index contributed by atoms with van der Waals surface area (Å²) >= 11 is 0. The van der Waals surface area contributed by atoms with Crippen LogP contribution in [0.15, 0.2) is 30.3 Å². The molecule has 0 unspecified atom stereocenters. The molecule has 20 nitrogen and oxygen atoms in total. The van der Waals surface area contributed by atoms with Gasteiger partial charge in [-0.2, -0.15) is 0 Å². The van der Waals surface area contributed by atoms with Crippen LogP contribution in [0.5, 0.6) is 0 Å². The molecule has 0 aliphatic carbocycles. The van der Waals surface area contributed by atoms with Gasteiger partial charge in [-0.3, -0.25) is 38.4 Å². The summed E-state index contributed by atoms with van der Waals surface area (Å²) in [4.78, 5) is 112. The van der Waals surface area contributed by atoms with Crippen LogP contribution in [-0.2, 0) is 49.6 Å². The van der Waals surface area contributed by atoms with E-state index in [0.717, 1.165) is 0 Å². The molecule has 0 bridgehead atoms. The number of amides is 6. The van der Waals surface area contributed by atoms with E-state index < -0.39 is 114 Å². The van der Waals surface area contributed by atoms with Crippen molar-refractivity contribution in [3.8, 4) is 0 Å². The van der Waals surface area contributed by atoms with Gasteiger partial charge in [0.2, 0.25) is 35.4 Å². The monoisotopic (exact) mass is 835 g/mol. The van der Waals surface area contributed by atoms with Gasteiger partial charge < -0.3 is 58.1 Å². The summed E-state index contributed by atoms with van der Waals surface area (Å²) in [5.41, 5.74) is 6.38. The fourth-order valence-electron chi connectivity index (χ4n) is 5.72. The van der Waals surface area contributed by atoms with Crippen molar-refractivity contribution in [2.45, 2.75) is 141 Å². The third kappa shape index (κ3) is 20.1. The Morgan fingerprint density at radius 3 is 1.68 bits per heavy atom. The van der Waals surface area contributed by atoms with Crippen molar-refractivity contribution in [3.63, 3.8) is 0 Å². The van der Waals surface area contributed by atoms with Crippen LogP contribution in [0.4, 0.5) is 0 Å². The molecule has 0 aromatic heterocycles. The van der Waals surface area contributed by atoms with Crippen molar-refractivity contribution >= 4 is 53.4 Å². The number of hydrogen-bond donors (Lipinski definition) is 11. The zero-order valence-electron chi connectivity index (χ0n) is 34.4. The van der Waals surface area contributed by atoms with Gasteiger partial charge in [-0.25, -0.2) is 4.79 Å². The molecule has 1 rings (SSSR count). The second-order valence-corrected chi connectivity index (χ2v) is 15.2. The number of nitrogens with one attached hydrogen (secondary N) is 6. The van der Waals surface area contributed by atoms with Crippen molar-refractivity contribution in [1.29, 1.82) is 0 Å². The summed E-state index contributed by atoms with van der Waals surface area (Å²) in [7, 11) is 0. The van der Waals surface area contributed by atoms with Gasteiger partial charge in [0.05, 0.1) is 18.2 Å². The third-order valence-electron chi connectivity index (χ3n) is 9.14. The normalized spacial score (nSPS) is 15.2. The van der Waals surface area contributed by atoms with Crippen molar-refractivity contribution in [2.24, 2.45) is 17.6 Å². The van der Waals surface area contributed by atoms with Gasteiger partial charge in [-0.15, -0.1) is 0 Å². The Bertz CT molecular complexity index is 1610. The quantitative estimate of drug-likeness (QED) is 0.0515. The Kier molecular flexibility index (Phi) is 22.4. The number of aliphatic carboxylic acids is 3. The predicted octanol–water partition coefficient (Wildman–Crippen LogP) is -0.838. The number of carbonyl (C=O) groups is 9. The van der Waals surface area contributed by atoms with E-state index >= 15 is 0 Å². The lowest BCUT2D eigenvalue weighted by Crippen LogP contribution is -2.58. The van der Waals surface area contributed by atoms with Gasteiger partial charge in [0.15, 0.2) is 0 Å². The van der Waals surface area contributed by atoms with Crippen LogP contribution in [0.25, 0.3) is 0 Å². The van der Waals surface area contributed by atoms with E-state index in [2.05, 4.69) is 31.9 Å². The molecule has 20 heteroatoms. The van der Waals surface area contributed by atoms with Crippen LogP contribution in [0.2, 0.25) is 0 Å². The van der Waals surface area contributed by atoms with E-state index in [1.807, 2.05) is 13.8 Å².